The average molecular weight is 381 g/mol. The first-order chi connectivity index (χ1) is 8.42. The number of hydrogen-bond acceptors (Lipinski definition) is 7. The molecule has 0 aromatic heterocycles. The van der Waals surface area contributed by atoms with Crippen molar-refractivity contribution in [1.82, 2.24) is 0 Å². The van der Waals surface area contributed by atoms with E-state index in [-0.39, 0.29) is 21.0 Å². The molecule has 0 aromatic carbocycles. The molecule has 110 valence electrons. The third-order valence-electron chi connectivity index (χ3n) is 2.77. The topological polar surface area (TPSA) is 0 Å². The van der Waals surface area contributed by atoms with Gasteiger partial charge in [-0.3, -0.25) is 0 Å². The van der Waals surface area contributed by atoms with Crippen LogP contribution in [0.25, 0.3) is 0 Å². The van der Waals surface area contributed by atoms with E-state index in [0.29, 0.717) is 5.25 Å². The summed E-state index contributed by atoms with van der Waals surface area (Å²) in [4.78, 5) is 0. The van der Waals surface area contributed by atoms with Gasteiger partial charge in [0.05, 0.1) is 0 Å². The first-order valence-corrected chi connectivity index (χ1v) is 9.89. The molecule has 0 fully saturated rings. The van der Waals surface area contributed by atoms with E-state index < -0.39 is 0 Å². The van der Waals surface area contributed by atoms with E-state index in [2.05, 4.69) is 88.4 Å². The van der Waals surface area contributed by atoms with Crippen LogP contribution in [-0.2, 0) is 0 Å². The Morgan fingerprint density at radius 1 is 0.556 bits per heavy atom. The molecule has 0 N–H and O–H groups in total. The summed E-state index contributed by atoms with van der Waals surface area (Å²) in [7, 11) is 0. The Hall–Kier alpha value is 2.45. The van der Waals surface area contributed by atoms with Crippen LogP contribution >= 0.6 is 88.4 Å². The monoisotopic (exact) mass is 380 g/mol. The number of thiol groups is 7. The van der Waals surface area contributed by atoms with Crippen LogP contribution in [0.5, 0.6) is 0 Å². The SMILES string of the molecule is SCCC(S)C(S)CC(S)CC(S)C(S)CCS. The minimum atomic E-state index is 0.256. The molecule has 0 amide bonds. The van der Waals surface area contributed by atoms with Gasteiger partial charge in [0.1, 0.15) is 0 Å². The smallest absolute Gasteiger partial charge is 0.0144 e. The van der Waals surface area contributed by atoms with Gasteiger partial charge in [0.25, 0.3) is 0 Å². The molecular weight excluding hydrogens is 357 g/mol. The second-order valence-electron chi connectivity index (χ2n) is 4.42. The lowest BCUT2D eigenvalue weighted by Crippen LogP contribution is -2.25. The van der Waals surface area contributed by atoms with E-state index in [1.54, 1.807) is 0 Å². The molecule has 0 bridgehead atoms. The van der Waals surface area contributed by atoms with Crippen LogP contribution in [0.1, 0.15) is 25.7 Å². The van der Waals surface area contributed by atoms with Crippen LogP contribution in [-0.4, -0.2) is 37.8 Å². The van der Waals surface area contributed by atoms with Crippen molar-refractivity contribution in [3.8, 4) is 0 Å². The summed E-state index contributed by atoms with van der Waals surface area (Å²) < 4.78 is 0. The Morgan fingerprint density at radius 3 is 1.17 bits per heavy atom. The second kappa shape index (κ2) is 12.0. The standard InChI is InChI=1S/C11H24S7/c12-3-1-8(15)10(17)5-7(14)6-11(18)9(16)2-4-13/h7-18H,1-6H2. The molecule has 0 aliphatic carbocycles. The van der Waals surface area contributed by atoms with Gasteiger partial charge < -0.3 is 0 Å². The third-order valence-corrected chi connectivity index (χ3v) is 6.55. The van der Waals surface area contributed by atoms with Crippen molar-refractivity contribution in [2.75, 3.05) is 11.5 Å². The number of hydrogen-bond donors (Lipinski definition) is 7. The van der Waals surface area contributed by atoms with Crippen LogP contribution in [0.3, 0.4) is 0 Å². The van der Waals surface area contributed by atoms with Gasteiger partial charge in [-0.05, 0) is 37.2 Å². The van der Waals surface area contributed by atoms with Crippen molar-refractivity contribution >= 4 is 88.4 Å². The van der Waals surface area contributed by atoms with Gasteiger partial charge in [0.15, 0.2) is 0 Å². The molecule has 4 unspecified atom stereocenters. The minimum absolute atomic E-state index is 0.256. The lowest BCUT2D eigenvalue weighted by atomic mass is 10.1. The predicted octanol–water partition coefficient (Wildman–Crippen LogP) is 3.90. The molecule has 0 aliphatic rings. The van der Waals surface area contributed by atoms with E-state index >= 15 is 0 Å². The summed E-state index contributed by atoms with van der Waals surface area (Å²) in [5.41, 5.74) is 0. The lowest BCUT2D eigenvalue weighted by Gasteiger charge is -2.24. The fourth-order valence-corrected chi connectivity index (χ4v) is 4.68. The predicted molar refractivity (Wildman–Crippen MR) is 110 cm³/mol. The maximum Gasteiger partial charge on any atom is 0.0144 e. The van der Waals surface area contributed by atoms with Crippen molar-refractivity contribution in [2.45, 2.75) is 51.9 Å². The summed E-state index contributed by atoms with van der Waals surface area (Å²) in [6.07, 6.45) is 3.82. The van der Waals surface area contributed by atoms with Gasteiger partial charge >= 0.3 is 0 Å². The van der Waals surface area contributed by atoms with Crippen molar-refractivity contribution in [3.05, 3.63) is 0 Å². The molecule has 7 heteroatoms. The molecule has 0 heterocycles. The van der Waals surface area contributed by atoms with Crippen LogP contribution in [0.4, 0.5) is 0 Å². The number of rotatable bonds is 10. The van der Waals surface area contributed by atoms with Gasteiger partial charge in [-0.2, -0.15) is 88.4 Å². The molecular formula is C11H24S7. The lowest BCUT2D eigenvalue weighted by molar-refractivity contribution is 0.623. The summed E-state index contributed by atoms with van der Waals surface area (Å²) in [6.45, 7) is 0. The van der Waals surface area contributed by atoms with Crippen molar-refractivity contribution in [2.24, 2.45) is 0 Å². The molecule has 4 atom stereocenters. The van der Waals surface area contributed by atoms with Gasteiger partial charge in [0, 0.05) is 26.2 Å². The maximum atomic E-state index is 4.63. The maximum absolute atomic E-state index is 4.63. The van der Waals surface area contributed by atoms with E-state index in [1.165, 1.54) is 0 Å². The highest BCUT2D eigenvalue weighted by Crippen LogP contribution is 2.26. The Morgan fingerprint density at radius 2 is 0.889 bits per heavy atom. The highest BCUT2D eigenvalue weighted by molar-refractivity contribution is 7.86. The normalized spacial score (nSPS) is 20.2. The first kappa shape index (κ1) is 20.5. The average Bonchev–Trinajstić information content (AvgIpc) is 2.29. The largest absolute Gasteiger partial charge is 0.179 e. The van der Waals surface area contributed by atoms with Crippen molar-refractivity contribution < 1.29 is 0 Å². The van der Waals surface area contributed by atoms with Gasteiger partial charge in [-0.1, -0.05) is 0 Å². The zero-order valence-electron chi connectivity index (χ0n) is 10.3. The quantitative estimate of drug-likeness (QED) is 0.275. The van der Waals surface area contributed by atoms with Crippen LogP contribution in [0.15, 0.2) is 0 Å². The van der Waals surface area contributed by atoms with Crippen molar-refractivity contribution in [3.63, 3.8) is 0 Å². The highest BCUT2D eigenvalue weighted by atomic mass is 32.1. The van der Waals surface area contributed by atoms with E-state index in [9.17, 15) is 0 Å². The Labute approximate surface area is 150 Å². The zero-order valence-corrected chi connectivity index (χ0v) is 16.5. The Kier molecular flexibility index (Phi) is 13.7. The summed E-state index contributed by atoms with van der Waals surface area (Å²) in [6, 6.07) is 0. The van der Waals surface area contributed by atoms with Crippen LogP contribution in [0.2, 0.25) is 0 Å². The summed E-state index contributed by atoms with van der Waals surface area (Å²) in [5.74, 6) is 1.69. The molecule has 0 aromatic rings. The van der Waals surface area contributed by atoms with Gasteiger partial charge in [-0.15, -0.1) is 0 Å². The molecule has 0 saturated carbocycles. The fourth-order valence-electron chi connectivity index (χ4n) is 1.62. The molecule has 0 aliphatic heterocycles. The van der Waals surface area contributed by atoms with E-state index in [1.807, 2.05) is 0 Å². The van der Waals surface area contributed by atoms with Gasteiger partial charge in [-0.25, -0.2) is 0 Å². The molecule has 18 heavy (non-hydrogen) atoms. The molecule has 0 nitrogen and oxygen atoms in total. The second-order valence-corrected chi connectivity index (χ2v) is 8.70. The molecule has 0 rings (SSSR count). The fraction of sp³-hybridized carbons (Fsp3) is 1.00. The van der Waals surface area contributed by atoms with E-state index in [4.69, 9.17) is 0 Å². The minimum Gasteiger partial charge on any atom is -0.179 e. The summed E-state index contributed by atoms with van der Waals surface area (Å²) >= 11 is 31.3. The molecule has 0 spiro atoms. The Bertz CT molecular complexity index is 182. The Balaban J connectivity index is 3.98. The van der Waals surface area contributed by atoms with E-state index in [0.717, 1.165) is 37.2 Å². The summed E-state index contributed by atoms with van der Waals surface area (Å²) in [5, 5.41) is 1.36. The molecule has 0 saturated heterocycles. The van der Waals surface area contributed by atoms with Crippen molar-refractivity contribution in [1.29, 1.82) is 0 Å². The molecule has 0 radical (unpaired) electrons. The van der Waals surface area contributed by atoms with Crippen LogP contribution in [0, 0.1) is 0 Å². The highest BCUT2D eigenvalue weighted by Gasteiger charge is 2.21. The first-order valence-electron chi connectivity index (χ1n) is 6.04. The third kappa shape index (κ3) is 9.40. The zero-order chi connectivity index (χ0) is 14.1. The van der Waals surface area contributed by atoms with Gasteiger partial charge in [0.2, 0.25) is 0 Å². The van der Waals surface area contributed by atoms with Crippen LogP contribution < -0.4 is 0 Å².